The zero-order chi connectivity index (χ0) is 7.82. The fourth-order valence-corrected chi connectivity index (χ4v) is 0.510. The molecule has 0 aromatic rings. The van der Waals surface area contributed by atoms with Gasteiger partial charge in [-0.15, -0.1) is 0 Å². The van der Waals surface area contributed by atoms with Crippen molar-refractivity contribution in [1.29, 1.82) is 0 Å². The number of carboxylic acids is 1. The second-order valence-corrected chi connectivity index (χ2v) is 1.86. The van der Waals surface area contributed by atoms with Crippen LogP contribution < -0.4 is 0 Å². The normalized spacial score (nSPS) is 11.3. The quantitative estimate of drug-likeness (QED) is 0.479. The minimum absolute atomic E-state index is 0.708. The van der Waals surface area contributed by atoms with Gasteiger partial charge in [0.2, 0.25) is 0 Å². The number of aliphatic carboxylic acids is 1. The summed E-state index contributed by atoms with van der Waals surface area (Å²) in [4.78, 5) is 9.92. The summed E-state index contributed by atoms with van der Waals surface area (Å²) in [7, 11) is 0. The predicted molar refractivity (Wildman–Crippen MR) is 40.8 cm³/mol. The molecule has 0 fully saturated rings. The molecule has 10 heavy (non-hydrogen) atoms. The van der Waals surface area contributed by atoms with Crippen molar-refractivity contribution < 1.29 is 9.90 Å². The van der Waals surface area contributed by atoms with E-state index in [9.17, 15) is 4.79 Å². The minimum Gasteiger partial charge on any atom is -0.478 e. The topological polar surface area (TPSA) is 37.3 Å². The molecule has 0 aliphatic carbocycles. The molecular formula is C8H12O2. The molecule has 0 saturated heterocycles. The summed E-state index contributed by atoms with van der Waals surface area (Å²) in [6.07, 6.45) is 8.43. The van der Waals surface area contributed by atoms with Crippen LogP contribution in [0, 0.1) is 0 Å². The lowest BCUT2D eigenvalue weighted by atomic mass is 10.3. The molecule has 2 nitrogen and oxygen atoms in total. The van der Waals surface area contributed by atoms with Crippen LogP contribution in [0.1, 0.15) is 19.8 Å². The molecule has 2 heteroatoms. The highest BCUT2D eigenvalue weighted by atomic mass is 16.4. The van der Waals surface area contributed by atoms with E-state index in [0.29, 0.717) is 6.42 Å². The molecule has 0 aliphatic heterocycles. The maximum absolute atomic E-state index is 9.92. The molecule has 0 rings (SSSR count). The van der Waals surface area contributed by atoms with E-state index < -0.39 is 5.97 Å². The number of hydrogen-bond acceptors (Lipinski definition) is 1. The van der Waals surface area contributed by atoms with E-state index >= 15 is 0 Å². The van der Waals surface area contributed by atoms with Crippen LogP contribution in [0.5, 0.6) is 0 Å². The van der Waals surface area contributed by atoms with Crippen LogP contribution in [0.25, 0.3) is 0 Å². The predicted octanol–water partition coefficient (Wildman–Crippen LogP) is 1.98. The number of rotatable bonds is 4. The molecule has 0 atom stereocenters. The molecule has 0 unspecified atom stereocenters. The van der Waals surface area contributed by atoms with Crippen molar-refractivity contribution in [2.75, 3.05) is 0 Å². The Kier molecular flexibility index (Phi) is 5.44. The van der Waals surface area contributed by atoms with Crippen LogP contribution in [0.3, 0.4) is 0 Å². The number of hydrogen-bond donors (Lipinski definition) is 1. The molecule has 0 aromatic heterocycles. The maximum Gasteiger partial charge on any atom is 0.327 e. The number of carbonyl (C=O) groups is 1. The molecule has 0 saturated carbocycles. The average Bonchev–Trinajstić information content (AvgIpc) is 1.87. The highest BCUT2D eigenvalue weighted by molar-refractivity contribution is 5.79. The van der Waals surface area contributed by atoms with Crippen molar-refractivity contribution in [3.05, 3.63) is 24.3 Å². The van der Waals surface area contributed by atoms with E-state index in [1.165, 1.54) is 0 Å². The Bertz CT molecular complexity index is 145. The molecule has 0 amide bonds. The van der Waals surface area contributed by atoms with Gasteiger partial charge >= 0.3 is 5.97 Å². The van der Waals surface area contributed by atoms with E-state index in [1.54, 1.807) is 6.08 Å². The summed E-state index contributed by atoms with van der Waals surface area (Å²) in [5.74, 6) is -0.884. The summed E-state index contributed by atoms with van der Waals surface area (Å²) in [6.45, 7) is 2.04. The molecule has 0 spiro atoms. The molecule has 0 heterocycles. The molecule has 0 aromatic carbocycles. The van der Waals surface area contributed by atoms with Crippen LogP contribution in [0.2, 0.25) is 0 Å². The lowest BCUT2D eigenvalue weighted by Crippen LogP contribution is -1.84. The SMILES string of the molecule is CC/C=C/C/C=C/C(=O)O. The lowest BCUT2D eigenvalue weighted by Gasteiger charge is -1.79. The number of allylic oxidation sites excluding steroid dienone is 3. The summed E-state index contributed by atoms with van der Waals surface area (Å²) < 4.78 is 0. The summed E-state index contributed by atoms with van der Waals surface area (Å²) >= 11 is 0. The highest BCUT2D eigenvalue weighted by Crippen LogP contribution is 1.87. The Hall–Kier alpha value is -1.05. The van der Waals surface area contributed by atoms with Crippen molar-refractivity contribution in [2.24, 2.45) is 0 Å². The van der Waals surface area contributed by atoms with Crippen LogP contribution in [-0.2, 0) is 4.79 Å². The van der Waals surface area contributed by atoms with Gasteiger partial charge in [-0.25, -0.2) is 4.79 Å². The zero-order valence-electron chi connectivity index (χ0n) is 6.08. The first kappa shape index (κ1) is 8.95. The van der Waals surface area contributed by atoms with Gasteiger partial charge in [-0.2, -0.15) is 0 Å². The van der Waals surface area contributed by atoms with Gasteiger partial charge in [0.15, 0.2) is 0 Å². The third kappa shape index (κ3) is 6.95. The molecule has 0 bridgehead atoms. The standard InChI is InChI=1S/C8H12O2/c1-2-3-4-5-6-7-8(9)10/h3-4,6-7H,2,5H2,1H3,(H,9,10)/b4-3+,7-6+. The van der Waals surface area contributed by atoms with E-state index in [0.717, 1.165) is 12.5 Å². The smallest absolute Gasteiger partial charge is 0.327 e. The fraction of sp³-hybridized carbons (Fsp3) is 0.375. The number of carboxylic acid groups (broad SMARTS) is 1. The maximum atomic E-state index is 9.92. The third-order valence-electron chi connectivity index (χ3n) is 0.935. The first-order chi connectivity index (χ1) is 4.77. The van der Waals surface area contributed by atoms with Crippen molar-refractivity contribution in [3.63, 3.8) is 0 Å². The Balaban J connectivity index is 3.35. The van der Waals surface area contributed by atoms with Crippen LogP contribution >= 0.6 is 0 Å². The van der Waals surface area contributed by atoms with Gasteiger partial charge in [0, 0.05) is 6.08 Å². The van der Waals surface area contributed by atoms with Gasteiger partial charge in [0.1, 0.15) is 0 Å². The Morgan fingerprint density at radius 3 is 2.60 bits per heavy atom. The molecule has 0 radical (unpaired) electrons. The minimum atomic E-state index is -0.884. The Labute approximate surface area is 60.9 Å². The molecule has 1 N–H and O–H groups in total. The van der Waals surface area contributed by atoms with E-state index in [1.807, 2.05) is 19.1 Å². The van der Waals surface area contributed by atoms with Crippen molar-refractivity contribution in [2.45, 2.75) is 19.8 Å². The second-order valence-electron chi connectivity index (χ2n) is 1.86. The average molecular weight is 140 g/mol. The van der Waals surface area contributed by atoms with E-state index in [2.05, 4.69) is 0 Å². The lowest BCUT2D eigenvalue weighted by molar-refractivity contribution is -0.131. The van der Waals surface area contributed by atoms with Crippen molar-refractivity contribution >= 4 is 5.97 Å². The van der Waals surface area contributed by atoms with Gasteiger partial charge in [-0.05, 0) is 12.8 Å². The summed E-state index contributed by atoms with van der Waals surface area (Å²) in [6, 6.07) is 0. The first-order valence-corrected chi connectivity index (χ1v) is 3.31. The largest absolute Gasteiger partial charge is 0.478 e. The first-order valence-electron chi connectivity index (χ1n) is 3.31. The monoisotopic (exact) mass is 140 g/mol. The summed E-state index contributed by atoms with van der Waals surface area (Å²) in [5, 5.41) is 8.16. The van der Waals surface area contributed by atoms with E-state index in [-0.39, 0.29) is 0 Å². The van der Waals surface area contributed by atoms with Gasteiger partial charge in [0.05, 0.1) is 0 Å². The Morgan fingerprint density at radius 1 is 1.40 bits per heavy atom. The summed E-state index contributed by atoms with van der Waals surface area (Å²) in [5.41, 5.74) is 0. The van der Waals surface area contributed by atoms with Gasteiger partial charge in [-0.1, -0.05) is 25.2 Å². The van der Waals surface area contributed by atoms with Gasteiger partial charge < -0.3 is 5.11 Å². The fourth-order valence-electron chi connectivity index (χ4n) is 0.510. The van der Waals surface area contributed by atoms with Crippen LogP contribution in [0.4, 0.5) is 0 Å². The highest BCUT2D eigenvalue weighted by Gasteiger charge is 1.80. The zero-order valence-corrected chi connectivity index (χ0v) is 6.08. The molecule has 0 aliphatic rings. The van der Waals surface area contributed by atoms with Crippen LogP contribution in [-0.4, -0.2) is 11.1 Å². The second kappa shape index (κ2) is 6.08. The molecule has 56 valence electrons. The van der Waals surface area contributed by atoms with Crippen molar-refractivity contribution in [1.82, 2.24) is 0 Å². The Morgan fingerprint density at radius 2 is 2.10 bits per heavy atom. The molecular weight excluding hydrogens is 128 g/mol. The van der Waals surface area contributed by atoms with Crippen LogP contribution in [0.15, 0.2) is 24.3 Å². The van der Waals surface area contributed by atoms with Gasteiger partial charge in [-0.3, -0.25) is 0 Å². The third-order valence-corrected chi connectivity index (χ3v) is 0.935. The van der Waals surface area contributed by atoms with E-state index in [4.69, 9.17) is 5.11 Å². The van der Waals surface area contributed by atoms with Gasteiger partial charge in [0.25, 0.3) is 0 Å². The van der Waals surface area contributed by atoms with Crippen molar-refractivity contribution in [3.8, 4) is 0 Å².